The number of hydrazine groups is 1. The van der Waals surface area contributed by atoms with Gasteiger partial charge in [-0.1, -0.05) is 45.2 Å². The number of methoxy groups -OCH3 is 3. The summed E-state index contributed by atoms with van der Waals surface area (Å²) in [6, 6.07) is 12.6. The molecule has 2 aliphatic rings. The highest BCUT2D eigenvalue weighted by Gasteiger charge is 2.61. The molecule has 9 nitrogen and oxygen atoms in total. The van der Waals surface area contributed by atoms with E-state index in [1.165, 1.54) is 44.5 Å². The first-order valence-electron chi connectivity index (χ1n) is 11.7. The highest BCUT2D eigenvalue weighted by Crippen LogP contribution is 2.49. The minimum atomic E-state index is -1.17. The Morgan fingerprint density at radius 2 is 1.67 bits per heavy atom. The van der Waals surface area contributed by atoms with Crippen LogP contribution in [0.3, 0.4) is 0 Å². The average Bonchev–Trinajstić information content (AvgIpc) is 3.43. The number of imide groups is 1. The largest absolute Gasteiger partial charge is 0.493 e. The number of rotatable bonds is 6. The van der Waals surface area contributed by atoms with E-state index in [1.54, 1.807) is 36.4 Å². The molecule has 0 spiro atoms. The molecule has 1 N–H and O–H groups in total. The highest BCUT2D eigenvalue weighted by atomic mass is 79.9. The summed E-state index contributed by atoms with van der Waals surface area (Å²) < 4.78 is 17.3. The van der Waals surface area contributed by atoms with E-state index in [2.05, 4.69) is 21.4 Å². The van der Waals surface area contributed by atoms with Crippen molar-refractivity contribution in [2.24, 2.45) is 5.92 Å². The Kier molecular flexibility index (Phi) is 7.47. The number of amides is 3. The number of nitrogens with zero attached hydrogens (tertiary/aromatic N) is 2. The maximum absolute atomic E-state index is 14.0. The minimum absolute atomic E-state index is 0.127. The monoisotopic (exact) mass is 633 g/mol. The first kappa shape index (κ1) is 27.3. The van der Waals surface area contributed by atoms with E-state index in [0.717, 1.165) is 4.90 Å². The lowest BCUT2D eigenvalue weighted by atomic mass is 9.90. The van der Waals surface area contributed by atoms with Crippen molar-refractivity contribution >= 4 is 62.5 Å². The van der Waals surface area contributed by atoms with E-state index in [9.17, 15) is 14.4 Å². The van der Waals surface area contributed by atoms with Gasteiger partial charge in [-0.05, 0) is 48.5 Å². The van der Waals surface area contributed by atoms with Crippen LogP contribution in [0.25, 0.3) is 0 Å². The molecular weight excluding hydrogens is 613 g/mol. The topological polar surface area (TPSA) is 97.4 Å². The van der Waals surface area contributed by atoms with Crippen LogP contribution in [0.2, 0.25) is 10.0 Å². The van der Waals surface area contributed by atoms with Crippen molar-refractivity contribution in [1.82, 2.24) is 10.4 Å². The van der Waals surface area contributed by atoms with Crippen LogP contribution in [0.5, 0.6) is 17.2 Å². The predicted molar refractivity (Wildman–Crippen MR) is 149 cm³/mol. The van der Waals surface area contributed by atoms with Crippen molar-refractivity contribution in [1.29, 1.82) is 0 Å². The van der Waals surface area contributed by atoms with Gasteiger partial charge in [0.15, 0.2) is 11.5 Å². The van der Waals surface area contributed by atoms with Gasteiger partial charge in [0, 0.05) is 20.6 Å². The molecular formula is C27H22BrCl2N3O6. The first-order valence-corrected chi connectivity index (χ1v) is 13.2. The van der Waals surface area contributed by atoms with Gasteiger partial charge in [-0.3, -0.25) is 19.4 Å². The van der Waals surface area contributed by atoms with Gasteiger partial charge in [-0.15, -0.1) is 0 Å². The van der Waals surface area contributed by atoms with Gasteiger partial charge in [0.2, 0.25) is 11.7 Å². The molecule has 2 aliphatic heterocycles. The molecule has 0 aromatic heterocycles. The summed E-state index contributed by atoms with van der Waals surface area (Å²) in [6.45, 7) is 0. The fourth-order valence-electron chi connectivity index (χ4n) is 5.06. The first-order chi connectivity index (χ1) is 18.7. The number of nitrogens with one attached hydrogen (secondary N) is 1. The van der Waals surface area contributed by atoms with Crippen LogP contribution in [0.1, 0.15) is 22.0 Å². The van der Waals surface area contributed by atoms with Crippen LogP contribution >= 0.6 is 39.1 Å². The lowest BCUT2D eigenvalue weighted by Crippen LogP contribution is -2.48. The van der Waals surface area contributed by atoms with Crippen LogP contribution < -0.4 is 24.5 Å². The van der Waals surface area contributed by atoms with E-state index < -0.39 is 35.7 Å². The van der Waals surface area contributed by atoms with Crippen molar-refractivity contribution in [3.8, 4) is 17.2 Å². The fraction of sp³-hybridized carbons (Fsp3) is 0.222. The van der Waals surface area contributed by atoms with E-state index in [-0.39, 0.29) is 10.7 Å². The van der Waals surface area contributed by atoms with Gasteiger partial charge in [0.1, 0.15) is 6.04 Å². The molecule has 0 radical (unpaired) electrons. The molecule has 0 saturated carbocycles. The van der Waals surface area contributed by atoms with Crippen molar-refractivity contribution in [3.63, 3.8) is 0 Å². The Labute approximate surface area is 242 Å². The number of anilines is 1. The Morgan fingerprint density at radius 3 is 2.31 bits per heavy atom. The summed E-state index contributed by atoms with van der Waals surface area (Å²) in [5.41, 5.74) is 4.11. The van der Waals surface area contributed by atoms with Gasteiger partial charge >= 0.3 is 0 Å². The zero-order chi connectivity index (χ0) is 28.0. The molecule has 202 valence electrons. The van der Waals surface area contributed by atoms with Gasteiger partial charge in [-0.2, -0.15) is 0 Å². The number of hydrogen-bond donors (Lipinski definition) is 1. The molecule has 3 aromatic rings. The summed E-state index contributed by atoms with van der Waals surface area (Å²) in [5.74, 6) is -1.61. The maximum Gasteiger partial charge on any atom is 0.268 e. The third-order valence-corrected chi connectivity index (χ3v) is 7.78. The second-order valence-electron chi connectivity index (χ2n) is 8.79. The van der Waals surface area contributed by atoms with E-state index in [1.807, 2.05) is 0 Å². The molecule has 12 heteroatoms. The van der Waals surface area contributed by atoms with Gasteiger partial charge in [0.05, 0.1) is 44.0 Å². The quantitative estimate of drug-likeness (QED) is 0.380. The summed E-state index contributed by atoms with van der Waals surface area (Å²) in [5, 5.41) is 1.68. The molecule has 3 amide bonds. The van der Waals surface area contributed by atoms with Gasteiger partial charge in [-0.25, -0.2) is 10.3 Å². The Bertz CT molecular complexity index is 1500. The number of carbonyl (C=O) groups excluding carboxylic acids is 3. The Balaban J connectivity index is 1.66. The van der Waals surface area contributed by atoms with E-state index in [0.29, 0.717) is 37.9 Å². The van der Waals surface area contributed by atoms with Gasteiger partial charge in [0.25, 0.3) is 11.8 Å². The standard InChI is InChI=1S/C27H22BrCl2N3O6/c1-37-19-10-8-16(23(38-2)24(19)39-3)21-20-22(33(31-21)25(34)13-5-4-6-14(28)11-13)27(36)32(26(20)35)18-9-7-15(29)12-17(18)30/h4-12,20-22,31H,1-3H3/t20-,21-,22+/m0/s1. The lowest BCUT2D eigenvalue weighted by Gasteiger charge is -2.26. The number of halogens is 3. The SMILES string of the molecule is COc1ccc([C@@H]2NN(C(=O)c3cccc(Br)c3)[C@H]3C(=O)N(c4ccc(Cl)cc4Cl)C(=O)[C@@H]23)c(OC)c1OC. The second kappa shape index (κ2) is 10.7. The maximum atomic E-state index is 14.0. The predicted octanol–water partition coefficient (Wildman–Crippen LogP) is 5.04. The third kappa shape index (κ3) is 4.51. The molecule has 2 heterocycles. The normalized spacial score (nSPS) is 20.3. The molecule has 0 unspecified atom stereocenters. The van der Waals surface area contributed by atoms with Crippen molar-refractivity contribution in [2.75, 3.05) is 26.2 Å². The van der Waals surface area contributed by atoms with Crippen LogP contribution in [0.4, 0.5) is 5.69 Å². The average molecular weight is 635 g/mol. The molecule has 5 rings (SSSR count). The highest BCUT2D eigenvalue weighted by molar-refractivity contribution is 9.10. The Hall–Kier alpha value is -3.31. The molecule has 0 bridgehead atoms. The van der Waals surface area contributed by atoms with Crippen molar-refractivity contribution in [3.05, 3.63) is 80.2 Å². The number of hydrogen-bond acceptors (Lipinski definition) is 7. The van der Waals surface area contributed by atoms with Crippen molar-refractivity contribution in [2.45, 2.75) is 12.1 Å². The third-order valence-electron chi connectivity index (χ3n) is 6.75. The smallest absolute Gasteiger partial charge is 0.268 e. The van der Waals surface area contributed by atoms with Crippen LogP contribution in [-0.2, 0) is 9.59 Å². The minimum Gasteiger partial charge on any atom is -0.493 e. The molecule has 2 saturated heterocycles. The summed E-state index contributed by atoms with van der Waals surface area (Å²) in [4.78, 5) is 42.6. The van der Waals surface area contributed by atoms with Crippen molar-refractivity contribution < 1.29 is 28.6 Å². The summed E-state index contributed by atoms with van der Waals surface area (Å²) >= 11 is 15.8. The fourth-order valence-corrected chi connectivity index (χ4v) is 5.96. The zero-order valence-electron chi connectivity index (χ0n) is 20.9. The summed E-state index contributed by atoms with van der Waals surface area (Å²) in [7, 11) is 4.41. The van der Waals surface area contributed by atoms with E-state index >= 15 is 0 Å². The van der Waals surface area contributed by atoms with Crippen LogP contribution in [-0.4, -0.2) is 50.1 Å². The number of carbonyl (C=O) groups is 3. The molecule has 39 heavy (non-hydrogen) atoms. The van der Waals surface area contributed by atoms with Crippen LogP contribution in [0.15, 0.2) is 59.1 Å². The van der Waals surface area contributed by atoms with Gasteiger partial charge < -0.3 is 14.2 Å². The van der Waals surface area contributed by atoms with E-state index in [4.69, 9.17) is 37.4 Å². The number of fused-ring (bicyclic) bond motifs is 1. The number of ether oxygens (including phenoxy) is 3. The molecule has 0 aliphatic carbocycles. The zero-order valence-corrected chi connectivity index (χ0v) is 24.0. The molecule has 3 atom stereocenters. The molecule has 2 fully saturated rings. The number of benzene rings is 3. The molecule has 3 aromatic carbocycles. The lowest BCUT2D eigenvalue weighted by molar-refractivity contribution is -0.123. The van der Waals surface area contributed by atoms with Crippen LogP contribution in [0, 0.1) is 5.92 Å². The second-order valence-corrected chi connectivity index (χ2v) is 10.6. The summed E-state index contributed by atoms with van der Waals surface area (Å²) in [6.07, 6.45) is 0. The Morgan fingerprint density at radius 1 is 0.923 bits per heavy atom.